The zero-order chi connectivity index (χ0) is 18.1. The summed E-state index contributed by atoms with van der Waals surface area (Å²) in [5.41, 5.74) is 4.21. The van der Waals surface area contributed by atoms with Gasteiger partial charge in [0, 0.05) is 44.7 Å². The third-order valence-electron chi connectivity index (χ3n) is 3.95. The van der Waals surface area contributed by atoms with Gasteiger partial charge in [-0.05, 0) is 36.6 Å². The molecule has 0 bridgehead atoms. The Morgan fingerprint density at radius 2 is 1.80 bits per heavy atom. The van der Waals surface area contributed by atoms with Crippen LogP contribution in [0.3, 0.4) is 0 Å². The highest BCUT2D eigenvalue weighted by Gasteiger charge is 2.05. The van der Waals surface area contributed by atoms with Gasteiger partial charge in [0.15, 0.2) is 0 Å². The Morgan fingerprint density at radius 3 is 2.48 bits per heavy atom. The molecule has 2 N–H and O–H groups in total. The number of benzene rings is 2. The highest BCUT2D eigenvalue weighted by molar-refractivity contribution is 5.90. The van der Waals surface area contributed by atoms with E-state index in [2.05, 4.69) is 39.8 Å². The van der Waals surface area contributed by atoms with E-state index in [9.17, 15) is 4.79 Å². The molecule has 2 aromatic rings. The van der Waals surface area contributed by atoms with Crippen LogP contribution in [0.4, 0.5) is 16.2 Å². The number of rotatable bonds is 8. The number of hydrogen-bond acceptors (Lipinski definition) is 3. The van der Waals surface area contributed by atoms with Gasteiger partial charge in [-0.25, -0.2) is 4.79 Å². The van der Waals surface area contributed by atoms with Crippen LogP contribution in [0.1, 0.15) is 17.5 Å². The highest BCUT2D eigenvalue weighted by atomic mass is 16.5. The van der Waals surface area contributed by atoms with Crippen molar-refractivity contribution in [2.45, 2.75) is 19.4 Å². The van der Waals surface area contributed by atoms with Gasteiger partial charge in [0.2, 0.25) is 0 Å². The first-order chi connectivity index (χ1) is 12.1. The maximum Gasteiger partial charge on any atom is 0.319 e. The minimum Gasteiger partial charge on any atom is -0.380 e. The zero-order valence-electron chi connectivity index (χ0n) is 15.2. The fourth-order valence-electron chi connectivity index (χ4n) is 2.55. The average molecular weight is 341 g/mol. The predicted octanol–water partition coefficient (Wildman–Crippen LogP) is 3.65. The topological polar surface area (TPSA) is 53.6 Å². The molecule has 0 aliphatic carbocycles. The summed E-state index contributed by atoms with van der Waals surface area (Å²) < 4.78 is 5.15. The Balaban J connectivity index is 1.73. The normalized spacial score (nSPS) is 10.4. The summed E-state index contributed by atoms with van der Waals surface area (Å²) in [6, 6.07) is 15.9. The first-order valence-corrected chi connectivity index (χ1v) is 8.48. The van der Waals surface area contributed by atoms with Gasteiger partial charge in [-0.3, -0.25) is 0 Å². The smallest absolute Gasteiger partial charge is 0.319 e. The minimum absolute atomic E-state index is 0.188. The molecule has 0 atom stereocenters. The molecule has 0 radical (unpaired) electrons. The second-order valence-electron chi connectivity index (χ2n) is 6.14. The lowest BCUT2D eigenvalue weighted by Crippen LogP contribution is -2.30. The van der Waals surface area contributed by atoms with Gasteiger partial charge in [0.25, 0.3) is 0 Å². The first kappa shape index (κ1) is 18.8. The van der Waals surface area contributed by atoms with Crippen LogP contribution in [0.25, 0.3) is 0 Å². The lowest BCUT2D eigenvalue weighted by Gasteiger charge is -2.13. The third kappa shape index (κ3) is 6.12. The molecule has 0 heterocycles. The van der Waals surface area contributed by atoms with Crippen molar-refractivity contribution in [2.75, 3.05) is 38.0 Å². The van der Waals surface area contributed by atoms with Crippen LogP contribution >= 0.6 is 0 Å². The summed E-state index contributed by atoms with van der Waals surface area (Å²) in [5, 5.41) is 5.78. The number of carbonyl (C=O) groups excluding carboxylic acids is 1. The summed E-state index contributed by atoms with van der Waals surface area (Å²) in [7, 11) is 5.70. The van der Waals surface area contributed by atoms with Gasteiger partial charge in [0.05, 0.1) is 6.61 Å². The number of methoxy groups -OCH3 is 1. The molecule has 5 heteroatoms. The molecule has 0 aromatic heterocycles. The van der Waals surface area contributed by atoms with Gasteiger partial charge < -0.3 is 20.3 Å². The first-order valence-electron chi connectivity index (χ1n) is 8.48. The molecule has 0 aliphatic rings. The molecule has 2 aromatic carbocycles. The second kappa shape index (κ2) is 9.69. The summed E-state index contributed by atoms with van der Waals surface area (Å²) in [6.07, 6.45) is 1.84. The van der Waals surface area contributed by atoms with Gasteiger partial charge in [-0.2, -0.15) is 0 Å². The van der Waals surface area contributed by atoms with Crippen LogP contribution in [-0.2, 0) is 17.8 Å². The van der Waals surface area contributed by atoms with Crippen LogP contribution in [0, 0.1) is 0 Å². The van der Waals surface area contributed by atoms with E-state index in [0.717, 1.165) is 24.1 Å². The van der Waals surface area contributed by atoms with Crippen LogP contribution in [0.5, 0.6) is 0 Å². The largest absolute Gasteiger partial charge is 0.380 e. The number of para-hydroxylation sites is 1. The van der Waals surface area contributed by atoms with E-state index < -0.39 is 0 Å². The van der Waals surface area contributed by atoms with Crippen molar-refractivity contribution in [3.63, 3.8) is 0 Å². The van der Waals surface area contributed by atoms with E-state index in [-0.39, 0.29) is 6.03 Å². The molecule has 2 rings (SSSR count). The quantitative estimate of drug-likeness (QED) is 0.721. The molecule has 134 valence electrons. The fraction of sp³-hybridized carbons (Fsp3) is 0.350. The number of ether oxygens (including phenoxy) is 1. The number of hydrogen-bond donors (Lipinski definition) is 2. The summed E-state index contributed by atoms with van der Waals surface area (Å²) in [6.45, 7) is 1.10. The van der Waals surface area contributed by atoms with E-state index in [0.29, 0.717) is 13.2 Å². The molecule has 25 heavy (non-hydrogen) atoms. The van der Waals surface area contributed by atoms with Gasteiger partial charge in [-0.1, -0.05) is 30.3 Å². The maximum absolute atomic E-state index is 12.0. The molecule has 0 saturated carbocycles. The number of urea groups is 1. The molecule has 0 spiro atoms. The minimum atomic E-state index is -0.188. The van der Waals surface area contributed by atoms with Crippen molar-refractivity contribution in [3.8, 4) is 0 Å². The predicted molar refractivity (Wildman–Crippen MR) is 103 cm³/mol. The SMILES string of the molecule is COCc1ccccc1NC(=O)NCCCc1ccc(N(C)C)cc1. The van der Waals surface area contributed by atoms with Crippen molar-refractivity contribution in [1.29, 1.82) is 0 Å². The van der Waals surface area contributed by atoms with E-state index in [1.165, 1.54) is 11.3 Å². The molecular formula is C20H27N3O2. The van der Waals surface area contributed by atoms with Crippen LogP contribution in [0.2, 0.25) is 0 Å². The Kier molecular flexibility index (Phi) is 7.29. The lowest BCUT2D eigenvalue weighted by molar-refractivity contribution is 0.185. The molecule has 0 aliphatic heterocycles. The van der Waals surface area contributed by atoms with E-state index in [1.807, 2.05) is 38.4 Å². The number of amides is 2. The van der Waals surface area contributed by atoms with Crippen molar-refractivity contribution in [2.24, 2.45) is 0 Å². The van der Waals surface area contributed by atoms with Crippen LogP contribution in [0.15, 0.2) is 48.5 Å². The number of carbonyl (C=O) groups is 1. The Hall–Kier alpha value is -2.53. The Labute approximate surface area is 150 Å². The van der Waals surface area contributed by atoms with Gasteiger partial charge in [-0.15, -0.1) is 0 Å². The summed E-state index contributed by atoms with van der Waals surface area (Å²) in [5.74, 6) is 0. The second-order valence-corrected chi connectivity index (χ2v) is 6.14. The molecular weight excluding hydrogens is 314 g/mol. The monoisotopic (exact) mass is 341 g/mol. The summed E-state index contributed by atoms with van der Waals surface area (Å²) >= 11 is 0. The van der Waals surface area contributed by atoms with Crippen molar-refractivity contribution in [3.05, 3.63) is 59.7 Å². The van der Waals surface area contributed by atoms with Gasteiger partial charge in [0.1, 0.15) is 0 Å². The van der Waals surface area contributed by atoms with Crippen molar-refractivity contribution < 1.29 is 9.53 Å². The average Bonchev–Trinajstić information content (AvgIpc) is 2.61. The number of nitrogens with zero attached hydrogens (tertiary/aromatic N) is 1. The third-order valence-corrected chi connectivity index (χ3v) is 3.95. The van der Waals surface area contributed by atoms with E-state index in [4.69, 9.17) is 4.74 Å². The molecule has 0 saturated heterocycles. The Bertz CT molecular complexity index is 669. The summed E-state index contributed by atoms with van der Waals surface area (Å²) in [4.78, 5) is 14.1. The maximum atomic E-state index is 12.0. The standard InChI is InChI=1S/C20H27N3O2/c1-23(2)18-12-10-16(11-13-18)7-6-14-21-20(24)22-19-9-5-4-8-17(19)15-25-3/h4-5,8-13H,6-7,14-15H2,1-3H3,(H2,21,22,24). The zero-order valence-corrected chi connectivity index (χ0v) is 15.2. The lowest BCUT2D eigenvalue weighted by atomic mass is 10.1. The Morgan fingerprint density at radius 1 is 1.08 bits per heavy atom. The van der Waals surface area contributed by atoms with Crippen LogP contribution < -0.4 is 15.5 Å². The fourth-order valence-corrected chi connectivity index (χ4v) is 2.55. The van der Waals surface area contributed by atoms with E-state index in [1.54, 1.807) is 7.11 Å². The van der Waals surface area contributed by atoms with Crippen LogP contribution in [-0.4, -0.2) is 33.8 Å². The van der Waals surface area contributed by atoms with Crippen molar-refractivity contribution in [1.82, 2.24) is 5.32 Å². The van der Waals surface area contributed by atoms with Crippen molar-refractivity contribution >= 4 is 17.4 Å². The molecule has 0 unspecified atom stereocenters. The molecule has 2 amide bonds. The van der Waals surface area contributed by atoms with E-state index >= 15 is 0 Å². The number of anilines is 2. The van der Waals surface area contributed by atoms with Gasteiger partial charge >= 0.3 is 6.03 Å². The number of nitrogens with one attached hydrogen (secondary N) is 2. The molecule has 0 fully saturated rings. The number of aryl methyl sites for hydroxylation is 1. The highest BCUT2D eigenvalue weighted by Crippen LogP contribution is 2.16. The molecule has 5 nitrogen and oxygen atoms in total.